The molecule has 6 nitrogen and oxygen atoms in total. The Bertz CT molecular complexity index is 1040. The number of fused-ring (bicyclic) bond motifs is 1. The lowest BCUT2D eigenvalue weighted by Crippen LogP contribution is -2.48. The van der Waals surface area contributed by atoms with E-state index in [2.05, 4.69) is 15.1 Å². The van der Waals surface area contributed by atoms with Crippen LogP contribution in [0, 0.1) is 0 Å². The first-order chi connectivity index (χ1) is 12.8. The van der Waals surface area contributed by atoms with Gasteiger partial charge in [-0.25, -0.2) is 0 Å². The average molecular weight is 344 g/mol. The molecule has 26 heavy (non-hydrogen) atoms. The number of aromatic amines is 1. The van der Waals surface area contributed by atoms with Gasteiger partial charge in [-0.3, -0.25) is 4.79 Å². The molecule has 6 heteroatoms. The molecule has 0 saturated carbocycles. The van der Waals surface area contributed by atoms with Crippen LogP contribution in [-0.4, -0.2) is 39.0 Å². The molecule has 1 aliphatic heterocycles. The number of carbonyl (C=O) groups excluding carboxylic acids is 1. The van der Waals surface area contributed by atoms with Crippen LogP contribution in [0.3, 0.4) is 0 Å². The molecule has 2 aromatic carbocycles. The minimum absolute atomic E-state index is 0.000230. The smallest absolute Gasteiger partial charge is 0.270 e. The van der Waals surface area contributed by atoms with Gasteiger partial charge in [0.2, 0.25) is 11.7 Å². The van der Waals surface area contributed by atoms with Gasteiger partial charge in [0, 0.05) is 29.6 Å². The van der Waals surface area contributed by atoms with Crippen molar-refractivity contribution in [2.24, 2.45) is 0 Å². The van der Waals surface area contributed by atoms with Crippen molar-refractivity contribution in [1.29, 1.82) is 0 Å². The van der Waals surface area contributed by atoms with E-state index < -0.39 is 0 Å². The number of hydrogen-bond acceptors (Lipinski definition) is 4. The predicted molar refractivity (Wildman–Crippen MR) is 96.7 cm³/mol. The minimum Gasteiger partial charge on any atom is -0.351 e. The van der Waals surface area contributed by atoms with E-state index in [4.69, 9.17) is 4.52 Å². The number of likely N-dealkylation sites (tertiary alicyclic amines) is 1. The van der Waals surface area contributed by atoms with Crippen molar-refractivity contribution in [3.63, 3.8) is 0 Å². The number of H-pyrrole nitrogens is 1. The zero-order valence-electron chi connectivity index (χ0n) is 13.9. The summed E-state index contributed by atoms with van der Waals surface area (Å²) in [5.74, 6) is 1.26. The number of aromatic nitrogens is 3. The molecule has 1 amide bonds. The fraction of sp³-hybridized carbons (Fsp3) is 0.150. The molecule has 5 rings (SSSR count). The van der Waals surface area contributed by atoms with Gasteiger partial charge in [-0.1, -0.05) is 53.7 Å². The van der Waals surface area contributed by atoms with Crippen LogP contribution in [0.2, 0.25) is 0 Å². The summed E-state index contributed by atoms with van der Waals surface area (Å²) < 4.78 is 5.40. The third kappa shape index (κ3) is 2.47. The summed E-state index contributed by atoms with van der Waals surface area (Å²) in [4.78, 5) is 22.1. The van der Waals surface area contributed by atoms with Crippen LogP contribution in [-0.2, 0) is 0 Å². The van der Waals surface area contributed by atoms with Gasteiger partial charge in [0.15, 0.2) is 0 Å². The normalized spacial score (nSPS) is 14.5. The van der Waals surface area contributed by atoms with Crippen LogP contribution in [0.15, 0.2) is 65.2 Å². The van der Waals surface area contributed by atoms with E-state index in [-0.39, 0.29) is 11.8 Å². The average Bonchev–Trinajstić information content (AvgIpc) is 3.28. The third-order valence-corrected chi connectivity index (χ3v) is 4.75. The maximum atomic E-state index is 12.6. The Hall–Kier alpha value is -3.41. The quantitative estimate of drug-likeness (QED) is 0.617. The molecular formula is C20H16N4O2. The molecule has 2 aromatic heterocycles. The SMILES string of the molecule is O=C(c1cc2ccccc2[nH]1)N1CC(c2nc(-c3ccccc3)no2)C1. The van der Waals surface area contributed by atoms with E-state index >= 15 is 0 Å². The first-order valence-electron chi connectivity index (χ1n) is 8.54. The first-order valence-corrected chi connectivity index (χ1v) is 8.54. The minimum atomic E-state index is 0.000230. The van der Waals surface area contributed by atoms with Gasteiger partial charge in [-0.15, -0.1) is 0 Å². The monoisotopic (exact) mass is 344 g/mol. The lowest BCUT2D eigenvalue weighted by atomic mass is 9.99. The molecule has 4 aromatic rings. The first kappa shape index (κ1) is 14.9. The highest BCUT2D eigenvalue weighted by Crippen LogP contribution is 2.29. The summed E-state index contributed by atoms with van der Waals surface area (Å²) >= 11 is 0. The lowest BCUT2D eigenvalue weighted by Gasteiger charge is -2.36. The van der Waals surface area contributed by atoms with Crippen LogP contribution >= 0.6 is 0 Å². The molecule has 0 atom stereocenters. The van der Waals surface area contributed by atoms with Crippen LogP contribution in [0.25, 0.3) is 22.3 Å². The summed E-state index contributed by atoms with van der Waals surface area (Å²) in [5, 5.41) is 5.09. The number of rotatable bonds is 3. The van der Waals surface area contributed by atoms with Crippen LogP contribution < -0.4 is 0 Å². The van der Waals surface area contributed by atoms with E-state index in [0.29, 0.717) is 30.5 Å². The van der Waals surface area contributed by atoms with Gasteiger partial charge >= 0.3 is 0 Å². The number of amides is 1. The van der Waals surface area contributed by atoms with Crippen LogP contribution in [0.5, 0.6) is 0 Å². The van der Waals surface area contributed by atoms with Gasteiger partial charge in [-0.2, -0.15) is 4.98 Å². The number of hydrogen-bond donors (Lipinski definition) is 1. The molecule has 3 heterocycles. The molecule has 0 radical (unpaired) electrons. The highest BCUT2D eigenvalue weighted by Gasteiger charge is 2.36. The Morgan fingerprint density at radius 2 is 1.85 bits per heavy atom. The molecule has 1 aliphatic rings. The Morgan fingerprint density at radius 1 is 1.08 bits per heavy atom. The summed E-state index contributed by atoms with van der Waals surface area (Å²) in [6, 6.07) is 19.5. The van der Waals surface area contributed by atoms with Crippen molar-refractivity contribution in [1.82, 2.24) is 20.0 Å². The maximum Gasteiger partial charge on any atom is 0.270 e. The Morgan fingerprint density at radius 3 is 2.65 bits per heavy atom. The fourth-order valence-electron chi connectivity index (χ4n) is 3.27. The highest BCUT2D eigenvalue weighted by molar-refractivity contribution is 5.98. The maximum absolute atomic E-state index is 12.6. The number of nitrogens with zero attached hydrogens (tertiary/aromatic N) is 3. The second kappa shape index (κ2) is 5.84. The number of para-hydroxylation sites is 1. The second-order valence-corrected chi connectivity index (χ2v) is 6.50. The molecule has 128 valence electrons. The van der Waals surface area contributed by atoms with Crippen molar-refractivity contribution >= 4 is 16.8 Å². The van der Waals surface area contributed by atoms with Crippen molar-refractivity contribution in [2.45, 2.75) is 5.92 Å². The van der Waals surface area contributed by atoms with Gasteiger partial charge < -0.3 is 14.4 Å². The van der Waals surface area contributed by atoms with Gasteiger partial charge in [0.25, 0.3) is 5.91 Å². The standard InChI is InChI=1S/C20H16N4O2/c25-20(17-10-14-8-4-5-9-16(14)21-17)24-11-15(12-24)19-22-18(23-26-19)13-6-2-1-3-7-13/h1-10,15,21H,11-12H2. The molecule has 0 unspecified atom stereocenters. The van der Waals surface area contributed by atoms with E-state index in [1.807, 2.05) is 60.7 Å². The molecule has 1 saturated heterocycles. The summed E-state index contributed by atoms with van der Waals surface area (Å²) in [7, 11) is 0. The Balaban J connectivity index is 1.28. The topological polar surface area (TPSA) is 75.0 Å². The summed E-state index contributed by atoms with van der Waals surface area (Å²) in [6.07, 6.45) is 0. The van der Waals surface area contributed by atoms with E-state index in [1.165, 1.54) is 0 Å². The third-order valence-electron chi connectivity index (χ3n) is 4.75. The highest BCUT2D eigenvalue weighted by atomic mass is 16.5. The van der Waals surface area contributed by atoms with Gasteiger partial charge in [0.05, 0.1) is 5.92 Å². The zero-order valence-corrected chi connectivity index (χ0v) is 13.9. The number of nitrogens with one attached hydrogen (secondary N) is 1. The van der Waals surface area contributed by atoms with E-state index in [0.717, 1.165) is 16.5 Å². The van der Waals surface area contributed by atoms with Crippen molar-refractivity contribution < 1.29 is 9.32 Å². The molecular weight excluding hydrogens is 328 g/mol. The second-order valence-electron chi connectivity index (χ2n) is 6.50. The Labute approximate surface area is 149 Å². The molecule has 0 aliphatic carbocycles. The number of benzene rings is 2. The fourth-order valence-corrected chi connectivity index (χ4v) is 3.27. The lowest BCUT2D eigenvalue weighted by molar-refractivity contribution is 0.0564. The van der Waals surface area contributed by atoms with E-state index in [1.54, 1.807) is 4.90 Å². The predicted octanol–water partition coefficient (Wildman–Crippen LogP) is 3.46. The molecule has 1 fully saturated rings. The van der Waals surface area contributed by atoms with Crippen molar-refractivity contribution in [2.75, 3.05) is 13.1 Å². The number of carbonyl (C=O) groups is 1. The van der Waals surface area contributed by atoms with Gasteiger partial charge in [0.1, 0.15) is 5.69 Å². The molecule has 1 N–H and O–H groups in total. The molecule has 0 spiro atoms. The van der Waals surface area contributed by atoms with Crippen molar-refractivity contribution in [3.05, 3.63) is 72.2 Å². The largest absolute Gasteiger partial charge is 0.351 e. The van der Waals surface area contributed by atoms with Gasteiger partial charge in [-0.05, 0) is 12.1 Å². The van der Waals surface area contributed by atoms with Crippen molar-refractivity contribution in [3.8, 4) is 11.4 Å². The van der Waals surface area contributed by atoms with Crippen LogP contribution in [0.4, 0.5) is 0 Å². The zero-order chi connectivity index (χ0) is 17.5. The Kier molecular flexibility index (Phi) is 3.35. The summed E-state index contributed by atoms with van der Waals surface area (Å²) in [5.41, 5.74) is 2.50. The van der Waals surface area contributed by atoms with Crippen LogP contribution in [0.1, 0.15) is 22.3 Å². The van der Waals surface area contributed by atoms with E-state index in [9.17, 15) is 4.79 Å². The molecule has 0 bridgehead atoms. The summed E-state index contributed by atoms with van der Waals surface area (Å²) in [6.45, 7) is 1.18.